The van der Waals surface area contributed by atoms with Crippen molar-refractivity contribution in [3.63, 3.8) is 0 Å². The van der Waals surface area contributed by atoms with E-state index in [1.54, 1.807) is 0 Å². The van der Waals surface area contributed by atoms with Crippen LogP contribution in [0.15, 0.2) is 23.1 Å². The molecule has 3 N–H and O–H groups in total. The summed E-state index contributed by atoms with van der Waals surface area (Å²) in [5.74, 6) is -0.609. The third kappa shape index (κ3) is 1.99. The van der Waals surface area contributed by atoms with Crippen molar-refractivity contribution in [3.8, 4) is 0 Å². The molecular weight excluding hydrogens is 169 g/mol. The van der Waals surface area contributed by atoms with Gasteiger partial charge in [-0.05, 0) is 18.2 Å². The van der Waals surface area contributed by atoms with Gasteiger partial charge in [-0.25, -0.2) is 8.60 Å². The van der Waals surface area contributed by atoms with E-state index in [4.69, 9.17) is 10.3 Å². The lowest BCUT2D eigenvalue weighted by molar-refractivity contribution is 0.561. The molecule has 1 atom stereocenters. The quantitative estimate of drug-likeness (QED) is 0.494. The van der Waals surface area contributed by atoms with Crippen LogP contribution >= 0.6 is 0 Å². The van der Waals surface area contributed by atoms with Gasteiger partial charge in [0.2, 0.25) is 0 Å². The van der Waals surface area contributed by atoms with Gasteiger partial charge in [-0.15, -0.1) is 0 Å². The summed E-state index contributed by atoms with van der Waals surface area (Å²) in [6.07, 6.45) is 0. The summed E-state index contributed by atoms with van der Waals surface area (Å²) in [6, 6.07) is 3.29. The minimum Gasteiger partial charge on any atom is -0.399 e. The summed E-state index contributed by atoms with van der Waals surface area (Å²) in [7, 11) is 0. The number of halogens is 1. The molecule has 0 saturated carbocycles. The zero-order chi connectivity index (χ0) is 8.43. The predicted octanol–water partition coefficient (Wildman–Crippen LogP) is 0.989. The zero-order valence-corrected chi connectivity index (χ0v) is 6.27. The van der Waals surface area contributed by atoms with Gasteiger partial charge in [0.25, 0.3) is 0 Å². The van der Waals surface area contributed by atoms with E-state index >= 15 is 0 Å². The zero-order valence-electron chi connectivity index (χ0n) is 5.45. The largest absolute Gasteiger partial charge is 0.399 e. The second kappa shape index (κ2) is 2.98. The van der Waals surface area contributed by atoms with Gasteiger partial charge < -0.3 is 10.3 Å². The van der Waals surface area contributed by atoms with E-state index in [1.165, 1.54) is 6.07 Å². The van der Waals surface area contributed by atoms with Crippen LogP contribution in [0.1, 0.15) is 0 Å². The van der Waals surface area contributed by atoms with E-state index in [9.17, 15) is 8.60 Å². The number of benzene rings is 1. The van der Waals surface area contributed by atoms with Crippen LogP contribution in [0.2, 0.25) is 0 Å². The fraction of sp³-hybridized carbons (Fsp3) is 0. The molecule has 1 aromatic rings. The van der Waals surface area contributed by atoms with Crippen LogP contribution in [-0.2, 0) is 11.1 Å². The molecule has 0 aromatic heterocycles. The maximum Gasteiger partial charge on any atom is 0.186 e. The second-order valence-corrected chi connectivity index (χ2v) is 2.94. The van der Waals surface area contributed by atoms with E-state index in [0.29, 0.717) is 0 Å². The van der Waals surface area contributed by atoms with Gasteiger partial charge in [-0.2, -0.15) is 0 Å². The first kappa shape index (κ1) is 8.16. The van der Waals surface area contributed by atoms with E-state index in [1.807, 2.05) is 0 Å². The molecule has 0 fully saturated rings. The monoisotopic (exact) mass is 175 g/mol. The Morgan fingerprint density at radius 2 is 2.09 bits per heavy atom. The fourth-order valence-corrected chi connectivity index (χ4v) is 1.14. The van der Waals surface area contributed by atoms with E-state index in [2.05, 4.69) is 0 Å². The maximum atomic E-state index is 12.5. The topological polar surface area (TPSA) is 63.3 Å². The van der Waals surface area contributed by atoms with Crippen molar-refractivity contribution < 1.29 is 13.2 Å². The van der Waals surface area contributed by atoms with Gasteiger partial charge in [0.15, 0.2) is 11.1 Å². The Hall–Kier alpha value is -0.940. The molecule has 1 unspecified atom stereocenters. The van der Waals surface area contributed by atoms with E-state index in [-0.39, 0.29) is 10.6 Å². The lowest BCUT2D eigenvalue weighted by Crippen LogP contribution is -1.93. The average molecular weight is 175 g/mol. The van der Waals surface area contributed by atoms with Gasteiger partial charge in [0.1, 0.15) is 5.82 Å². The van der Waals surface area contributed by atoms with Crippen LogP contribution in [0.5, 0.6) is 0 Å². The molecule has 0 aliphatic heterocycles. The van der Waals surface area contributed by atoms with Crippen molar-refractivity contribution in [2.45, 2.75) is 4.90 Å². The lowest BCUT2D eigenvalue weighted by atomic mass is 10.3. The summed E-state index contributed by atoms with van der Waals surface area (Å²) in [6.45, 7) is 0. The number of rotatable bonds is 1. The van der Waals surface area contributed by atoms with Gasteiger partial charge in [-0.1, -0.05) is 0 Å². The molecule has 0 bridgehead atoms. The Kier molecular flexibility index (Phi) is 2.21. The third-order valence-electron chi connectivity index (χ3n) is 1.10. The van der Waals surface area contributed by atoms with Crippen LogP contribution < -0.4 is 5.73 Å². The molecule has 11 heavy (non-hydrogen) atoms. The highest BCUT2D eigenvalue weighted by Crippen LogP contribution is 2.12. The number of anilines is 1. The summed E-state index contributed by atoms with van der Waals surface area (Å²) in [5, 5.41) is 0. The first-order valence-electron chi connectivity index (χ1n) is 2.76. The fourth-order valence-electron chi connectivity index (χ4n) is 0.685. The number of hydrogen-bond donors (Lipinski definition) is 2. The van der Waals surface area contributed by atoms with Crippen molar-refractivity contribution >= 4 is 16.8 Å². The van der Waals surface area contributed by atoms with Crippen LogP contribution in [0.4, 0.5) is 10.1 Å². The highest BCUT2D eigenvalue weighted by molar-refractivity contribution is 7.79. The molecule has 1 rings (SSSR count). The van der Waals surface area contributed by atoms with Gasteiger partial charge in [-0.3, -0.25) is 0 Å². The molecule has 0 saturated heterocycles. The normalized spacial score (nSPS) is 12.9. The summed E-state index contributed by atoms with van der Waals surface area (Å²) in [4.78, 5) is -0.0255. The molecule has 0 aliphatic carbocycles. The number of nitrogen functional groups attached to an aromatic ring is 1. The van der Waals surface area contributed by atoms with Crippen molar-refractivity contribution in [1.82, 2.24) is 0 Å². The van der Waals surface area contributed by atoms with Crippen LogP contribution in [0.3, 0.4) is 0 Å². The smallest absolute Gasteiger partial charge is 0.186 e. The Morgan fingerprint density at radius 3 is 2.55 bits per heavy atom. The van der Waals surface area contributed by atoms with E-state index in [0.717, 1.165) is 12.1 Å². The molecule has 60 valence electrons. The molecule has 0 heterocycles. The molecule has 0 radical (unpaired) electrons. The molecule has 0 spiro atoms. The number of nitrogens with two attached hydrogens (primary N) is 1. The molecule has 5 heteroatoms. The Morgan fingerprint density at radius 1 is 1.45 bits per heavy atom. The number of hydrogen-bond acceptors (Lipinski definition) is 2. The van der Waals surface area contributed by atoms with Gasteiger partial charge in [0.05, 0.1) is 4.90 Å². The maximum absolute atomic E-state index is 12.5. The van der Waals surface area contributed by atoms with Crippen molar-refractivity contribution in [2.75, 3.05) is 5.73 Å². The second-order valence-electron chi connectivity index (χ2n) is 1.97. The standard InChI is InChI=1S/C6H6FNO2S/c7-4-1-5(8)3-6(2-4)11(9)10/h1-3H,8H2,(H,9,10). The van der Waals surface area contributed by atoms with Crippen LogP contribution in [0, 0.1) is 5.82 Å². The summed E-state index contributed by atoms with van der Waals surface area (Å²) in [5.41, 5.74) is 5.35. The molecule has 0 amide bonds. The SMILES string of the molecule is Nc1cc(F)cc(S(=O)O)c1. The van der Waals surface area contributed by atoms with Crippen LogP contribution in [-0.4, -0.2) is 8.76 Å². The molecule has 0 aliphatic rings. The highest BCUT2D eigenvalue weighted by Gasteiger charge is 2.02. The third-order valence-corrected chi connectivity index (χ3v) is 1.73. The highest BCUT2D eigenvalue weighted by atomic mass is 32.2. The van der Waals surface area contributed by atoms with Crippen molar-refractivity contribution in [1.29, 1.82) is 0 Å². The predicted molar refractivity (Wildman–Crippen MR) is 39.8 cm³/mol. The molecular formula is C6H6FNO2S. The lowest BCUT2D eigenvalue weighted by Gasteiger charge is -1.96. The Balaban J connectivity index is 3.19. The van der Waals surface area contributed by atoms with Crippen LogP contribution in [0.25, 0.3) is 0 Å². The average Bonchev–Trinajstić information content (AvgIpc) is 1.85. The van der Waals surface area contributed by atoms with Crippen molar-refractivity contribution in [2.24, 2.45) is 0 Å². The molecule has 3 nitrogen and oxygen atoms in total. The minimum absolute atomic E-state index is 0.0255. The minimum atomic E-state index is -2.17. The van der Waals surface area contributed by atoms with Gasteiger partial charge in [0, 0.05) is 5.69 Å². The Bertz CT molecular complexity index is 282. The Labute approximate surface area is 65.3 Å². The van der Waals surface area contributed by atoms with Crippen molar-refractivity contribution in [3.05, 3.63) is 24.0 Å². The first-order valence-corrected chi connectivity index (χ1v) is 3.87. The van der Waals surface area contributed by atoms with Gasteiger partial charge >= 0.3 is 0 Å². The summed E-state index contributed by atoms with van der Waals surface area (Å²) >= 11 is -2.17. The summed E-state index contributed by atoms with van der Waals surface area (Å²) < 4.78 is 31.4. The first-order chi connectivity index (χ1) is 5.09. The van der Waals surface area contributed by atoms with E-state index < -0.39 is 16.9 Å². The molecule has 1 aromatic carbocycles.